The van der Waals surface area contributed by atoms with E-state index < -0.39 is 15.5 Å². The Balaban J connectivity index is 2.09. The van der Waals surface area contributed by atoms with E-state index in [-0.39, 0.29) is 18.0 Å². The molecule has 2 rings (SSSR count). The largest absolute Gasteiger partial charge is 0.395 e. The lowest BCUT2D eigenvalue weighted by Crippen LogP contribution is -2.20. The van der Waals surface area contributed by atoms with Crippen molar-refractivity contribution in [3.8, 4) is 0 Å². The molecule has 2 aromatic rings. The highest BCUT2D eigenvalue weighted by Gasteiger charge is 2.19. The van der Waals surface area contributed by atoms with Gasteiger partial charge in [-0.1, -0.05) is 12.1 Å². The maximum absolute atomic E-state index is 11.1. The van der Waals surface area contributed by atoms with Crippen LogP contribution in [0, 0.1) is 20.2 Å². The van der Waals surface area contributed by atoms with Crippen LogP contribution < -0.4 is 5.32 Å². The second-order valence-corrected chi connectivity index (χ2v) is 5.28. The zero-order chi connectivity index (χ0) is 18.9. The molecule has 0 heterocycles. The third kappa shape index (κ3) is 5.40. The molecule has 0 aliphatic carbocycles. The summed E-state index contributed by atoms with van der Waals surface area (Å²) in [5, 5.41) is 41.3. The van der Waals surface area contributed by atoms with Crippen LogP contribution in [0.5, 0.6) is 0 Å². The number of hydrogen-bond acceptors (Lipinski definition) is 8. The van der Waals surface area contributed by atoms with Gasteiger partial charge in [0, 0.05) is 12.6 Å². The number of aliphatic hydroxyl groups excluding tert-OH is 1. The molecule has 0 radical (unpaired) electrons. The fourth-order valence-electron chi connectivity index (χ4n) is 2.13. The van der Waals surface area contributed by atoms with Crippen LogP contribution in [0.15, 0.2) is 52.7 Å². The van der Waals surface area contributed by atoms with Crippen LogP contribution in [0.1, 0.15) is 5.56 Å². The van der Waals surface area contributed by atoms with E-state index in [1.165, 1.54) is 6.07 Å². The van der Waals surface area contributed by atoms with E-state index in [2.05, 4.69) is 15.5 Å². The molecule has 0 unspecified atom stereocenters. The van der Waals surface area contributed by atoms with Gasteiger partial charge in [-0.05, 0) is 36.7 Å². The predicted octanol–water partition coefficient (Wildman–Crippen LogP) is 3.04. The van der Waals surface area contributed by atoms with Crippen molar-refractivity contribution in [2.75, 3.05) is 19.7 Å². The number of nitrogens with one attached hydrogen (secondary N) is 1. The summed E-state index contributed by atoms with van der Waals surface area (Å²) in [6, 6.07) is 10.4. The molecule has 0 amide bonds. The molecule has 0 saturated heterocycles. The summed E-state index contributed by atoms with van der Waals surface area (Å²) in [5.41, 5.74) is 0.655. The molecule has 136 valence electrons. The number of rotatable bonds is 9. The highest BCUT2D eigenvalue weighted by Crippen LogP contribution is 2.32. The number of azo groups is 1. The van der Waals surface area contributed by atoms with Gasteiger partial charge in [-0.25, -0.2) is 0 Å². The minimum atomic E-state index is -0.732. The lowest BCUT2D eigenvalue weighted by Gasteiger charge is -2.03. The number of hydrogen-bond donors (Lipinski definition) is 2. The van der Waals surface area contributed by atoms with Crippen molar-refractivity contribution in [3.05, 3.63) is 68.3 Å². The minimum absolute atomic E-state index is 0.0575. The molecule has 2 aromatic carbocycles. The minimum Gasteiger partial charge on any atom is -0.395 e. The summed E-state index contributed by atoms with van der Waals surface area (Å²) < 4.78 is 0. The fourth-order valence-corrected chi connectivity index (χ4v) is 2.13. The maximum atomic E-state index is 11.1. The summed E-state index contributed by atoms with van der Waals surface area (Å²) in [6.07, 6.45) is 0.783. The second kappa shape index (κ2) is 9.30. The first-order valence-electron chi connectivity index (χ1n) is 7.76. The van der Waals surface area contributed by atoms with Gasteiger partial charge in [-0.15, -0.1) is 5.11 Å². The molecular formula is C16H17N5O5. The number of nitrogens with zero attached hydrogens (tertiary/aromatic N) is 4. The van der Waals surface area contributed by atoms with Crippen molar-refractivity contribution in [1.82, 2.24) is 5.32 Å². The Labute approximate surface area is 148 Å². The third-order valence-electron chi connectivity index (χ3n) is 3.46. The molecular weight excluding hydrogens is 342 g/mol. The lowest BCUT2D eigenvalue weighted by atomic mass is 10.1. The molecule has 0 bridgehead atoms. The van der Waals surface area contributed by atoms with E-state index >= 15 is 0 Å². The van der Waals surface area contributed by atoms with Gasteiger partial charge in [0.25, 0.3) is 5.69 Å². The van der Waals surface area contributed by atoms with Crippen LogP contribution in [-0.4, -0.2) is 34.6 Å². The van der Waals surface area contributed by atoms with Crippen LogP contribution in [-0.2, 0) is 6.42 Å². The molecule has 0 fully saturated rings. The van der Waals surface area contributed by atoms with Crippen molar-refractivity contribution < 1.29 is 15.0 Å². The number of aliphatic hydroxyl groups is 1. The topological polar surface area (TPSA) is 143 Å². The van der Waals surface area contributed by atoms with E-state index in [4.69, 9.17) is 5.11 Å². The number of benzene rings is 2. The first-order chi connectivity index (χ1) is 12.5. The van der Waals surface area contributed by atoms with Gasteiger partial charge in [0.15, 0.2) is 5.69 Å². The van der Waals surface area contributed by atoms with Crippen molar-refractivity contribution in [1.29, 1.82) is 0 Å². The number of nitro groups is 2. The van der Waals surface area contributed by atoms with Gasteiger partial charge in [-0.2, -0.15) is 5.11 Å². The first kappa shape index (κ1) is 19.1. The van der Waals surface area contributed by atoms with Crippen LogP contribution in [0.4, 0.5) is 22.7 Å². The van der Waals surface area contributed by atoms with E-state index in [0.717, 1.165) is 30.7 Å². The normalized spacial score (nSPS) is 11.0. The van der Waals surface area contributed by atoms with E-state index in [1.807, 2.05) is 12.1 Å². The van der Waals surface area contributed by atoms with Crippen molar-refractivity contribution in [2.45, 2.75) is 6.42 Å². The Hall–Kier alpha value is -3.24. The lowest BCUT2D eigenvalue weighted by molar-refractivity contribution is -0.393. The molecule has 26 heavy (non-hydrogen) atoms. The summed E-state index contributed by atoms with van der Waals surface area (Å²) in [6.45, 7) is 1.37. The molecule has 0 aromatic heterocycles. The Morgan fingerprint density at radius 2 is 1.69 bits per heavy atom. The Bertz CT molecular complexity index is 807. The van der Waals surface area contributed by atoms with Crippen LogP contribution >= 0.6 is 0 Å². The molecule has 2 N–H and O–H groups in total. The van der Waals surface area contributed by atoms with Gasteiger partial charge in [0.05, 0.1) is 28.2 Å². The van der Waals surface area contributed by atoms with Crippen LogP contribution in [0.2, 0.25) is 0 Å². The predicted molar refractivity (Wildman–Crippen MR) is 94.0 cm³/mol. The average Bonchev–Trinajstić information content (AvgIpc) is 2.64. The molecule has 0 atom stereocenters. The Morgan fingerprint density at radius 1 is 0.962 bits per heavy atom. The number of nitro benzene ring substituents is 2. The summed E-state index contributed by atoms with van der Waals surface area (Å²) in [7, 11) is 0. The third-order valence-corrected chi connectivity index (χ3v) is 3.46. The average molecular weight is 359 g/mol. The monoisotopic (exact) mass is 359 g/mol. The highest BCUT2D eigenvalue weighted by atomic mass is 16.6. The zero-order valence-electron chi connectivity index (χ0n) is 13.7. The van der Waals surface area contributed by atoms with E-state index in [1.54, 1.807) is 12.1 Å². The summed E-state index contributed by atoms with van der Waals surface area (Å²) in [4.78, 5) is 20.3. The fraction of sp³-hybridized carbons (Fsp3) is 0.250. The SMILES string of the molecule is O=[N+]([O-])c1ccc(N=Nc2ccc(CCNCCO)cc2)c([N+](=O)[O-])c1. The van der Waals surface area contributed by atoms with Gasteiger partial charge >= 0.3 is 5.69 Å². The van der Waals surface area contributed by atoms with Crippen molar-refractivity contribution in [2.24, 2.45) is 10.2 Å². The molecule has 0 spiro atoms. The van der Waals surface area contributed by atoms with E-state index in [9.17, 15) is 20.2 Å². The van der Waals surface area contributed by atoms with Gasteiger partial charge in [0.1, 0.15) is 0 Å². The van der Waals surface area contributed by atoms with Gasteiger partial charge < -0.3 is 10.4 Å². The summed E-state index contributed by atoms with van der Waals surface area (Å²) >= 11 is 0. The molecule has 0 saturated carbocycles. The quantitative estimate of drug-likeness (QED) is 0.305. The maximum Gasteiger partial charge on any atom is 0.303 e. The molecule has 10 nitrogen and oxygen atoms in total. The Kier molecular flexibility index (Phi) is 6.83. The van der Waals surface area contributed by atoms with Crippen molar-refractivity contribution in [3.63, 3.8) is 0 Å². The van der Waals surface area contributed by atoms with Gasteiger partial charge in [0.2, 0.25) is 0 Å². The molecule has 0 aliphatic rings. The van der Waals surface area contributed by atoms with Crippen LogP contribution in [0.3, 0.4) is 0 Å². The smallest absolute Gasteiger partial charge is 0.303 e. The highest BCUT2D eigenvalue weighted by molar-refractivity contribution is 5.61. The summed E-state index contributed by atoms with van der Waals surface area (Å²) in [5.74, 6) is 0. The van der Waals surface area contributed by atoms with E-state index in [0.29, 0.717) is 12.2 Å². The molecule has 10 heteroatoms. The zero-order valence-corrected chi connectivity index (χ0v) is 13.7. The Morgan fingerprint density at radius 3 is 2.31 bits per heavy atom. The first-order valence-corrected chi connectivity index (χ1v) is 7.76. The van der Waals surface area contributed by atoms with Gasteiger partial charge in [-0.3, -0.25) is 20.2 Å². The number of non-ortho nitro benzene ring substituents is 1. The second-order valence-electron chi connectivity index (χ2n) is 5.28. The molecule has 0 aliphatic heterocycles. The van der Waals surface area contributed by atoms with Crippen molar-refractivity contribution >= 4 is 22.7 Å². The standard InChI is InChI=1S/C16H17N5O5/c22-10-9-17-8-7-12-1-3-13(4-2-12)18-19-15-6-5-14(20(23)24)11-16(15)21(25)26/h1-6,11,17,22H,7-10H2. The van der Waals surface area contributed by atoms with Crippen LogP contribution in [0.25, 0.3) is 0 Å².